The summed E-state index contributed by atoms with van der Waals surface area (Å²) in [7, 11) is 0. The zero-order valence-electron chi connectivity index (χ0n) is 15.1. The number of carbonyl (C=O) groups is 3. The number of ketones is 1. The van der Waals surface area contributed by atoms with Crippen LogP contribution < -0.4 is 15.4 Å². The number of thiophene rings is 1. The van der Waals surface area contributed by atoms with E-state index in [0.717, 1.165) is 0 Å². The van der Waals surface area contributed by atoms with Crippen LogP contribution in [0.5, 0.6) is 5.75 Å². The second kappa shape index (κ2) is 8.96. The molecule has 2 aromatic carbocycles. The van der Waals surface area contributed by atoms with E-state index in [1.807, 2.05) is 11.4 Å². The Morgan fingerprint density at radius 1 is 0.929 bits per heavy atom. The molecule has 0 unspecified atom stereocenters. The third-order valence-corrected chi connectivity index (χ3v) is 4.63. The van der Waals surface area contributed by atoms with E-state index < -0.39 is 0 Å². The molecule has 142 valence electrons. The van der Waals surface area contributed by atoms with Gasteiger partial charge in [-0.05, 0) is 48.7 Å². The quantitative estimate of drug-likeness (QED) is 0.588. The summed E-state index contributed by atoms with van der Waals surface area (Å²) in [5.74, 6) is -0.182. The lowest BCUT2D eigenvalue weighted by Gasteiger charge is -2.10. The molecular weight excluding hydrogens is 376 g/mol. The standard InChI is InChI=1S/C21H18N2O4S/c1-14(24)15-5-2-8-18(11-15)27-13-20(25)22-16-6-3-7-17(12-16)23-21(26)19-9-4-10-28-19/h2-12H,13H2,1H3,(H,22,25)(H,23,26). The van der Waals surface area contributed by atoms with Gasteiger partial charge in [-0.3, -0.25) is 14.4 Å². The molecular formula is C21H18N2O4S. The van der Waals surface area contributed by atoms with Crippen LogP contribution >= 0.6 is 11.3 Å². The molecule has 6 nitrogen and oxygen atoms in total. The molecule has 7 heteroatoms. The summed E-state index contributed by atoms with van der Waals surface area (Å²) >= 11 is 1.35. The largest absolute Gasteiger partial charge is 0.484 e. The van der Waals surface area contributed by atoms with Crippen LogP contribution in [0.1, 0.15) is 27.0 Å². The molecule has 0 aliphatic rings. The number of anilines is 2. The first-order valence-corrected chi connectivity index (χ1v) is 9.38. The lowest BCUT2D eigenvalue weighted by molar-refractivity contribution is -0.118. The fraction of sp³-hybridized carbons (Fsp3) is 0.0952. The number of benzene rings is 2. The van der Waals surface area contributed by atoms with Gasteiger partial charge >= 0.3 is 0 Å². The van der Waals surface area contributed by atoms with Crippen molar-refractivity contribution in [1.29, 1.82) is 0 Å². The van der Waals surface area contributed by atoms with E-state index >= 15 is 0 Å². The van der Waals surface area contributed by atoms with Crippen molar-refractivity contribution >= 4 is 40.3 Å². The summed E-state index contributed by atoms with van der Waals surface area (Å²) in [6.07, 6.45) is 0. The SMILES string of the molecule is CC(=O)c1cccc(OCC(=O)Nc2cccc(NC(=O)c3cccs3)c2)c1. The number of hydrogen-bond acceptors (Lipinski definition) is 5. The number of rotatable bonds is 7. The van der Waals surface area contributed by atoms with E-state index in [0.29, 0.717) is 27.6 Å². The molecule has 0 atom stereocenters. The van der Waals surface area contributed by atoms with Crippen LogP contribution in [0, 0.1) is 0 Å². The maximum atomic E-state index is 12.1. The predicted octanol–water partition coefficient (Wildman–Crippen LogP) is 4.22. The number of ether oxygens (including phenoxy) is 1. The van der Waals surface area contributed by atoms with Crippen LogP contribution in [0.4, 0.5) is 11.4 Å². The van der Waals surface area contributed by atoms with Crippen molar-refractivity contribution in [2.75, 3.05) is 17.2 Å². The van der Waals surface area contributed by atoms with Gasteiger partial charge in [0.25, 0.3) is 11.8 Å². The van der Waals surface area contributed by atoms with E-state index in [2.05, 4.69) is 10.6 Å². The first-order chi connectivity index (χ1) is 13.5. The van der Waals surface area contributed by atoms with Gasteiger partial charge in [-0.15, -0.1) is 11.3 Å². The molecule has 0 bridgehead atoms. The van der Waals surface area contributed by atoms with E-state index in [1.54, 1.807) is 54.6 Å². The summed E-state index contributed by atoms with van der Waals surface area (Å²) in [4.78, 5) is 36.3. The highest BCUT2D eigenvalue weighted by molar-refractivity contribution is 7.12. The van der Waals surface area contributed by atoms with Crippen LogP contribution in [0.25, 0.3) is 0 Å². The summed E-state index contributed by atoms with van der Waals surface area (Å²) in [5.41, 5.74) is 1.63. The predicted molar refractivity (Wildman–Crippen MR) is 109 cm³/mol. The van der Waals surface area contributed by atoms with Crippen molar-refractivity contribution in [2.24, 2.45) is 0 Å². The van der Waals surface area contributed by atoms with E-state index in [-0.39, 0.29) is 24.2 Å². The fourth-order valence-corrected chi connectivity index (χ4v) is 3.04. The maximum Gasteiger partial charge on any atom is 0.265 e. The second-order valence-electron chi connectivity index (χ2n) is 5.93. The minimum Gasteiger partial charge on any atom is -0.484 e. The van der Waals surface area contributed by atoms with Gasteiger partial charge in [0.15, 0.2) is 12.4 Å². The average Bonchev–Trinajstić information content (AvgIpc) is 3.22. The van der Waals surface area contributed by atoms with E-state index in [9.17, 15) is 14.4 Å². The van der Waals surface area contributed by atoms with Gasteiger partial charge in [0.05, 0.1) is 4.88 Å². The van der Waals surface area contributed by atoms with Gasteiger partial charge in [-0.2, -0.15) is 0 Å². The van der Waals surface area contributed by atoms with Crippen molar-refractivity contribution in [3.05, 3.63) is 76.5 Å². The van der Waals surface area contributed by atoms with Gasteiger partial charge < -0.3 is 15.4 Å². The third kappa shape index (κ3) is 5.28. The number of hydrogen-bond donors (Lipinski definition) is 2. The Morgan fingerprint density at radius 3 is 2.39 bits per heavy atom. The molecule has 2 amide bonds. The third-order valence-electron chi connectivity index (χ3n) is 3.76. The molecule has 0 radical (unpaired) electrons. The maximum absolute atomic E-state index is 12.1. The fourth-order valence-electron chi connectivity index (χ4n) is 2.43. The summed E-state index contributed by atoms with van der Waals surface area (Å²) in [6.45, 7) is 1.27. The molecule has 0 saturated heterocycles. The zero-order chi connectivity index (χ0) is 19.9. The summed E-state index contributed by atoms with van der Waals surface area (Å²) in [5, 5.41) is 7.34. The Kier molecular flexibility index (Phi) is 6.18. The number of amides is 2. The van der Waals surface area contributed by atoms with Crippen LogP contribution in [0.3, 0.4) is 0 Å². The van der Waals surface area contributed by atoms with Gasteiger partial charge in [0, 0.05) is 16.9 Å². The number of carbonyl (C=O) groups excluding carboxylic acids is 3. The van der Waals surface area contributed by atoms with E-state index in [1.165, 1.54) is 18.3 Å². The molecule has 0 fully saturated rings. The van der Waals surface area contributed by atoms with Crippen molar-refractivity contribution < 1.29 is 19.1 Å². The molecule has 1 aromatic heterocycles. The summed E-state index contributed by atoms with van der Waals surface area (Å²) < 4.78 is 5.44. The lowest BCUT2D eigenvalue weighted by atomic mass is 10.1. The van der Waals surface area contributed by atoms with Gasteiger partial charge in [0.2, 0.25) is 0 Å². The summed E-state index contributed by atoms with van der Waals surface area (Å²) in [6, 6.07) is 17.1. The molecule has 3 rings (SSSR count). The normalized spacial score (nSPS) is 10.2. The van der Waals surface area contributed by atoms with Gasteiger partial charge in [0.1, 0.15) is 5.75 Å². The molecule has 0 aliphatic heterocycles. The number of Topliss-reactive ketones (excluding diaryl/α,β-unsaturated/α-hetero) is 1. The minimum atomic E-state index is -0.352. The topological polar surface area (TPSA) is 84.5 Å². The van der Waals surface area contributed by atoms with Crippen LogP contribution in [0.15, 0.2) is 66.0 Å². The average molecular weight is 394 g/mol. The van der Waals surface area contributed by atoms with E-state index in [4.69, 9.17) is 4.74 Å². The Hall–Kier alpha value is -3.45. The molecule has 28 heavy (non-hydrogen) atoms. The molecule has 1 heterocycles. The molecule has 3 aromatic rings. The highest BCUT2D eigenvalue weighted by Gasteiger charge is 2.09. The Labute approximate surface area is 166 Å². The van der Waals surface area contributed by atoms with Crippen molar-refractivity contribution in [1.82, 2.24) is 0 Å². The lowest BCUT2D eigenvalue weighted by Crippen LogP contribution is -2.20. The van der Waals surface area contributed by atoms with Gasteiger partial charge in [-0.25, -0.2) is 0 Å². The Morgan fingerprint density at radius 2 is 1.68 bits per heavy atom. The van der Waals surface area contributed by atoms with Crippen LogP contribution in [-0.4, -0.2) is 24.2 Å². The minimum absolute atomic E-state index is 0.0729. The second-order valence-corrected chi connectivity index (χ2v) is 6.88. The first kappa shape index (κ1) is 19.3. The van der Waals surface area contributed by atoms with Gasteiger partial charge in [-0.1, -0.05) is 24.3 Å². The molecule has 0 aliphatic carbocycles. The highest BCUT2D eigenvalue weighted by atomic mass is 32.1. The Bertz CT molecular complexity index is 999. The zero-order valence-corrected chi connectivity index (χ0v) is 15.9. The van der Waals surface area contributed by atoms with Crippen molar-refractivity contribution in [2.45, 2.75) is 6.92 Å². The number of nitrogens with one attached hydrogen (secondary N) is 2. The monoisotopic (exact) mass is 394 g/mol. The van der Waals surface area contributed by atoms with Crippen molar-refractivity contribution in [3.8, 4) is 5.75 Å². The smallest absolute Gasteiger partial charge is 0.265 e. The molecule has 0 spiro atoms. The van der Waals surface area contributed by atoms with Crippen molar-refractivity contribution in [3.63, 3.8) is 0 Å². The van der Waals surface area contributed by atoms with Crippen LogP contribution in [-0.2, 0) is 4.79 Å². The Balaban J connectivity index is 1.56. The molecule has 2 N–H and O–H groups in total. The highest BCUT2D eigenvalue weighted by Crippen LogP contribution is 2.18. The molecule has 0 saturated carbocycles. The van der Waals surface area contributed by atoms with Crippen LogP contribution in [0.2, 0.25) is 0 Å². The first-order valence-electron chi connectivity index (χ1n) is 8.50.